The summed E-state index contributed by atoms with van der Waals surface area (Å²) in [6.45, 7) is 2.05. The van der Waals surface area contributed by atoms with Gasteiger partial charge in [0.2, 0.25) is 0 Å². The van der Waals surface area contributed by atoms with Crippen LogP contribution in [0, 0.1) is 5.92 Å². The molecule has 2 heterocycles. The van der Waals surface area contributed by atoms with E-state index in [1.54, 1.807) is 4.68 Å². The van der Waals surface area contributed by atoms with Crippen molar-refractivity contribution in [2.75, 3.05) is 20.2 Å². The number of esters is 1. The van der Waals surface area contributed by atoms with Crippen LogP contribution < -0.4 is 5.32 Å². The minimum absolute atomic E-state index is 0.349. The maximum Gasteiger partial charge on any atom is 0.358 e. The highest BCUT2D eigenvalue weighted by molar-refractivity contribution is 5.88. The van der Waals surface area contributed by atoms with Gasteiger partial charge < -0.3 is 10.1 Å². The monoisotopic (exact) mass is 209 g/mol. The summed E-state index contributed by atoms with van der Waals surface area (Å²) < 4.78 is 6.35. The molecule has 1 N–H and O–H groups in total. The standard InChI is InChI=1S/C10H15N3O2/c1-13-6-8(3-7-4-11-5-7)9(12-13)10(14)15-2/h6-7,11H,3-5H2,1-2H3. The summed E-state index contributed by atoms with van der Waals surface area (Å²) in [5, 5.41) is 7.32. The molecule has 0 aliphatic carbocycles. The van der Waals surface area contributed by atoms with Crippen molar-refractivity contribution < 1.29 is 9.53 Å². The van der Waals surface area contributed by atoms with Crippen LogP contribution in [-0.4, -0.2) is 35.9 Å². The van der Waals surface area contributed by atoms with E-state index in [1.807, 2.05) is 13.2 Å². The Morgan fingerprint density at radius 1 is 1.73 bits per heavy atom. The van der Waals surface area contributed by atoms with Gasteiger partial charge in [-0.3, -0.25) is 4.68 Å². The molecule has 0 bridgehead atoms. The summed E-state index contributed by atoms with van der Waals surface area (Å²) in [6.07, 6.45) is 2.79. The van der Waals surface area contributed by atoms with E-state index < -0.39 is 0 Å². The highest BCUT2D eigenvalue weighted by atomic mass is 16.5. The summed E-state index contributed by atoms with van der Waals surface area (Å²) in [7, 11) is 3.20. The number of carbonyl (C=O) groups excluding carboxylic acids is 1. The van der Waals surface area contributed by atoms with Crippen LogP contribution in [0.4, 0.5) is 0 Å². The highest BCUT2D eigenvalue weighted by Crippen LogP contribution is 2.16. The number of methoxy groups -OCH3 is 1. The minimum atomic E-state index is -0.349. The largest absolute Gasteiger partial charge is 0.464 e. The van der Waals surface area contributed by atoms with Gasteiger partial charge >= 0.3 is 5.97 Å². The second-order valence-corrected chi connectivity index (χ2v) is 3.90. The van der Waals surface area contributed by atoms with E-state index in [9.17, 15) is 4.79 Å². The van der Waals surface area contributed by atoms with E-state index in [0.717, 1.165) is 25.1 Å². The number of rotatable bonds is 3. The van der Waals surface area contributed by atoms with Crippen LogP contribution in [0.2, 0.25) is 0 Å². The van der Waals surface area contributed by atoms with Gasteiger partial charge in [-0.15, -0.1) is 0 Å². The lowest BCUT2D eigenvalue weighted by molar-refractivity contribution is 0.0591. The Balaban J connectivity index is 2.16. The molecule has 0 saturated carbocycles. The predicted octanol–water partition coefficient (Wildman–Crippen LogP) is -0.0314. The number of aromatic nitrogens is 2. The number of nitrogens with zero attached hydrogens (tertiary/aromatic N) is 2. The molecule has 82 valence electrons. The molecule has 1 saturated heterocycles. The molecular weight excluding hydrogens is 194 g/mol. The molecule has 1 aromatic heterocycles. The Morgan fingerprint density at radius 2 is 2.47 bits per heavy atom. The fourth-order valence-electron chi connectivity index (χ4n) is 1.76. The molecule has 5 heteroatoms. The van der Waals surface area contributed by atoms with Gasteiger partial charge in [0.25, 0.3) is 0 Å². The number of hydrogen-bond donors (Lipinski definition) is 1. The predicted molar refractivity (Wildman–Crippen MR) is 54.6 cm³/mol. The van der Waals surface area contributed by atoms with Gasteiger partial charge in [-0.2, -0.15) is 5.10 Å². The van der Waals surface area contributed by atoms with Gasteiger partial charge in [-0.1, -0.05) is 0 Å². The summed E-state index contributed by atoms with van der Waals surface area (Å²) in [5.74, 6) is 0.274. The van der Waals surface area contributed by atoms with Crippen molar-refractivity contribution in [3.63, 3.8) is 0 Å². The Morgan fingerprint density at radius 3 is 3.00 bits per heavy atom. The Labute approximate surface area is 88.4 Å². The van der Waals surface area contributed by atoms with E-state index in [1.165, 1.54) is 7.11 Å². The van der Waals surface area contributed by atoms with Gasteiger partial charge in [0.15, 0.2) is 5.69 Å². The molecular formula is C10H15N3O2. The van der Waals surface area contributed by atoms with Crippen LogP contribution in [-0.2, 0) is 18.2 Å². The van der Waals surface area contributed by atoms with E-state index in [-0.39, 0.29) is 5.97 Å². The smallest absolute Gasteiger partial charge is 0.358 e. The normalized spacial score (nSPS) is 16.1. The summed E-state index contributed by atoms with van der Waals surface area (Å²) in [4.78, 5) is 11.4. The SMILES string of the molecule is COC(=O)c1nn(C)cc1CC1CNC1. The molecule has 1 aromatic rings. The quantitative estimate of drug-likeness (QED) is 0.710. The minimum Gasteiger partial charge on any atom is -0.464 e. The number of ether oxygens (including phenoxy) is 1. The van der Waals surface area contributed by atoms with Gasteiger partial charge in [0.1, 0.15) is 0 Å². The first-order valence-electron chi connectivity index (χ1n) is 5.02. The molecule has 2 rings (SSSR count). The number of nitrogens with one attached hydrogen (secondary N) is 1. The summed E-state index contributed by atoms with van der Waals surface area (Å²) >= 11 is 0. The fourth-order valence-corrected chi connectivity index (χ4v) is 1.76. The first kappa shape index (κ1) is 10.2. The van der Waals surface area contributed by atoms with Crippen molar-refractivity contribution in [2.45, 2.75) is 6.42 Å². The number of carbonyl (C=O) groups is 1. The first-order chi connectivity index (χ1) is 7.20. The van der Waals surface area contributed by atoms with Crippen LogP contribution in [0.3, 0.4) is 0 Å². The third kappa shape index (κ3) is 2.02. The van der Waals surface area contributed by atoms with E-state index in [0.29, 0.717) is 11.6 Å². The average Bonchev–Trinajstić information content (AvgIpc) is 2.52. The molecule has 1 aliphatic rings. The lowest BCUT2D eigenvalue weighted by atomic mass is 9.95. The molecule has 1 fully saturated rings. The zero-order valence-corrected chi connectivity index (χ0v) is 8.99. The van der Waals surface area contributed by atoms with E-state index >= 15 is 0 Å². The maximum absolute atomic E-state index is 11.4. The Kier molecular flexibility index (Phi) is 2.73. The average molecular weight is 209 g/mol. The topological polar surface area (TPSA) is 56.1 Å². The van der Waals surface area contributed by atoms with Crippen LogP contribution in [0.15, 0.2) is 6.20 Å². The third-order valence-electron chi connectivity index (χ3n) is 2.66. The van der Waals surface area contributed by atoms with Crippen LogP contribution in [0.1, 0.15) is 16.1 Å². The second-order valence-electron chi connectivity index (χ2n) is 3.90. The van der Waals surface area contributed by atoms with Gasteiger partial charge in [0, 0.05) is 18.8 Å². The van der Waals surface area contributed by atoms with Gasteiger partial charge in [0.05, 0.1) is 7.11 Å². The number of aryl methyl sites for hydroxylation is 1. The molecule has 0 amide bonds. The summed E-state index contributed by atoms with van der Waals surface area (Å²) in [5.41, 5.74) is 1.43. The van der Waals surface area contributed by atoms with E-state index in [2.05, 4.69) is 10.4 Å². The van der Waals surface area contributed by atoms with Crippen molar-refractivity contribution >= 4 is 5.97 Å². The number of hydrogen-bond acceptors (Lipinski definition) is 4. The van der Waals surface area contributed by atoms with Crippen molar-refractivity contribution in [3.05, 3.63) is 17.5 Å². The summed E-state index contributed by atoms with van der Waals surface area (Å²) in [6, 6.07) is 0. The lowest BCUT2D eigenvalue weighted by Gasteiger charge is -2.26. The third-order valence-corrected chi connectivity index (χ3v) is 2.66. The molecule has 5 nitrogen and oxygen atoms in total. The highest BCUT2D eigenvalue weighted by Gasteiger charge is 2.23. The van der Waals surface area contributed by atoms with E-state index in [4.69, 9.17) is 4.74 Å². The van der Waals surface area contributed by atoms with Crippen LogP contribution >= 0.6 is 0 Å². The van der Waals surface area contributed by atoms with Crippen molar-refractivity contribution in [1.82, 2.24) is 15.1 Å². The van der Waals surface area contributed by atoms with Crippen molar-refractivity contribution in [1.29, 1.82) is 0 Å². The molecule has 1 aliphatic heterocycles. The van der Waals surface area contributed by atoms with Crippen molar-refractivity contribution in [3.8, 4) is 0 Å². The van der Waals surface area contributed by atoms with Gasteiger partial charge in [-0.05, 0) is 25.4 Å². The van der Waals surface area contributed by atoms with Gasteiger partial charge in [-0.25, -0.2) is 4.79 Å². The zero-order valence-electron chi connectivity index (χ0n) is 8.99. The molecule has 15 heavy (non-hydrogen) atoms. The van der Waals surface area contributed by atoms with Crippen LogP contribution in [0.25, 0.3) is 0 Å². The zero-order chi connectivity index (χ0) is 10.8. The second kappa shape index (κ2) is 4.02. The molecule has 0 radical (unpaired) electrons. The Bertz CT molecular complexity index is 369. The van der Waals surface area contributed by atoms with Crippen LogP contribution in [0.5, 0.6) is 0 Å². The molecule has 0 spiro atoms. The first-order valence-corrected chi connectivity index (χ1v) is 5.02. The maximum atomic E-state index is 11.4. The fraction of sp³-hybridized carbons (Fsp3) is 0.600. The van der Waals surface area contributed by atoms with Crippen molar-refractivity contribution in [2.24, 2.45) is 13.0 Å². The molecule has 0 aromatic carbocycles. The molecule has 0 unspecified atom stereocenters. The molecule has 0 atom stereocenters. The lowest BCUT2D eigenvalue weighted by Crippen LogP contribution is -2.43. The Hall–Kier alpha value is -1.36.